The molecule has 0 bridgehead atoms. The summed E-state index contributed by atoms with van der Waals surface area (Å²) in [6.45, 7) is 11.9. The van der Waals surface area contributed by atoms with E-state index >= 15 is 0 Å². The monoisotopic (exact) mass is 302 g/mol. The van der Waals surface area contributed by atoms with E-state index in [1.807, 2.05) is 18.2 Å². The van der Waals surface area contributed by atoms with Gasteiger partial charge in [-0.05, 0) is 38.6 Å². The van der Waals surface area contributed by atoms with Crippen LogP contribution in [-0.4, -0.2) is 30.6 Å². The first-order valence-electron chi connectivity index (χ1n) is 6.91. The van der Waals surface area contributed by atoms with Crippen LogP contribution in [0.5, 0.6) is 0 Å². The topological polar surface area (TPSA) is 15.3 Å². The summed E-state index contributed by atoms with van der Waals surface area (Å²) in [6, 6.07) is 6.38. The lowest BCUT2D eigenvalue weighted by Gasteiger charge is -2.26. The van der Waals surface area contributed by atoms with Crippen LogP contribution in [0, 0.1) is 0 Å². The van der Waals surface area contributed by atoms with Crippen molar-refractivity contribution in [1.29, 1.82) is 0 Å². The van der Waals surface area contributed by atoms with E-state index in [1.54, 1.807) is 0 Å². The van der Waals surface area contributed by atoms with Crippen LogP contribution in [0.25, 0.3) is 0 Å². The first kappa shape index (κ1) is 16.8. The van der Waals surface area contributed by atoms with Gasteiger partial charge in [-0.2, -0.15) is 0 Å². The van der Waals surface area contributed by atoms with Gasteiger partial charge in [0, 0.05) is 18.6 Å². The molecule has 1 aromatic carbocycles. The molecule has 108 valence electrons. The van der Waals surface area contributed by atoms with Crippen LogP contribution in [0.4, 0.5) is 0 Å². The Morgan fingerprint density at radius 1 is 1.16 bits per heavy atom. The highest BCUT2D eigenvalue weighted by molar-refractivity contribution is 6.42. The Balaban J connectivity index is 2.63. The third kappa shape index (κ3) is 4.96. The summed E-state index contributed by atoms with van der Waals surface area (Å²) in [5.74, 6) is 0. The van der Waals surface area contributed by atoms with Crippen molar-refractivity contribution >= 4 is 23.2 Å². The van der Waals surface area contributed by atoms with Crippen molar-refractivity contribution in [2.45, 2.75) is 39.8 Å². The van der Waals surface area contributed by atoms with Crippen molar-refractivity contribution in [1.82, 2.24) is 10.2 Å². The van der Waals surface area contributed by atoms with Gasteiger partial charge in [0.15, 0.2) is 0 Å². The molecule has 2 nitrogen and oxygen atoms in total. The molecule has 0 aliphatic carbocycles. The summed E-state index contributed by atoms with van der Waals surface area (Å²) in [6.07, 6.45) is 0. The fraction of sp³-hybridized carbons (Fsp3) is 0.600. The highest BCUT2D eigenvalue weighted by atomic mass is 35.5. The molecule has 0 saturated carbocycles. The normalized spacial score (nSPS) is 14.7. The molecule has 1 rings (SSSR count). The van der Waals surface area contributed by atoms with Gasteiger partial charge < -0.3 is 10.2 Å². The quantitative estimate of drug-likeness (QED) is 0.804. The summed E-state index contributed by atoms with van der Waals surface area (Å²) in [4.78, 5) is 2.41. The molecule has 4 heteroatoms. The van der Waals surface area contributed by atoms with Gasteiger partial charge in [-0.15, -0.1) is 0 Å². The van der Waals surface area contributed by atoms with Gasteiger partial charge in [-0.3, -0.25) is 0 Å². The Labute approximate surface area is 127 Å². The second kappa shape index (κ2) is 8.11. The van der Waals surface area contributed by atoms with Crippen LogP contribution in [0.15, 0.2) is 18.2 Å². The molecule has 0 spiro atoms. The van der Waals surface area contributed by atoms with E-state index in [2.05, 4.69) is 37.9 Å². The fourth-order valence-electron chi connectivity index (χ4n) is 2.29. The van der Waals surface area contributed by atoms with E-state index in [0.29, 0.717) is 16.1 Å². The number of nitrogens with one attached hydrogen (secondary N) is 1. The van der Waals surface area contributed by atoms with Crippen LogP contribution in [0.2, 0.25) is 10.0 Å². The number of rotatable bonds is 7. The van der Waals surface area contributed by atoms with Crippen molar-refractivity contribution in [3.8, 4) is 0 Å². The minimum Gasteiger partial charge on any atom is -0.306 e. The number of hydrogen-bond acceptors (Lipinski definition) is 2. The van der Waals surface area contributed by atoms with E-state index in [-0.39, 0.29) is 6.04 Å². The van der Waals surface area contributed by atoms with Crippen molar-refractivity contribution in [3.05, 3.63) is 33.8 Å². The molecule has 0 heterocycles. The molecule has 0 aromatic heterocycles. The Kier molecular flexibility index (Phi) is 7.16. The zero-order valence-corrected chi connectivity index (χ0v) is 13.7. The van der Waals surface area contributed by atoms with Crippen molar-refractivity contribution in [2.24, 2.45) is 0 Å². The molecule has 0 fully saturated rings. The molecule has 0 amide bonds. The lowest BCUT2D eigenvalue weighted by atomic mass is 10.1. The third-order valence-electron chi connectivity index (χ3n) is 3.41. The number of likely N-dealkylation sites (N-methyl/N-ethyl adjacent to an activating group) is 1. The lowest BCUT2D eigenvalue weighted by Crippen LogP contribution is -2.40. The van der Waals surface area contributed by atoms with Gasteiger partial charge in [-0.1, -0.05) is 49.2 Å². The summed E-state index contributed by atoms with van der Waals surface area (Å²) in [7, 11) is 0. The van der Waals surface area contributed by atoms with Gasteiger partial charge in [0.2, 0.25) is 0 Å². The average Bonchev–Trinajstić information content (AvgIpc) is 2.38. The molecule has 0 saturated heterocycles. The van der Waals surface area contributed by atoms with Gasteiger partial charge in [0.05, 0.1) is 10.0 Å². The van der Waals surface area contributed by atoms with Crippen LogP contribution in [-0.2, 0) is 0 Å². The SMILES string of the molecule is CCN(CC)CC(C)NC(C)c1cccc(Cl)c1Cl. The Bertz CT molecular complexity index is 392. The molecular weight excluding hydrogens is 279 g/mol. The van der Waals surface area contributed by atoms with Crippen LogP contribution in [0.3, 0.4) is 0 Å². The summed E-state index contributed by atoms with van der Waals surface area (Å²) in [5.41, 5.74) is 1.06. The predicted molar refractivity (Wildman–Crippen MR) is 85.3 cm³/mol. The van der Waals surface area contributed by atoms with Crippen LogP contribution >= 0.6 is 23.2 Å². The maximum absolute atomic E-state index is 6.25. The Morgan fingerprint density at radius 3 is 2.37 bits per heavy atom. The molecule has 1 aromatic rings. The minimum atomic E-state index is 0.191. The van der Waals surface area contributed by atoms with E-state index in [0.717, 1.165) is 25.2 Å². The molecule has 1 N–H and O–H groups in total. The largest absolute Gasteiger partial charge is 0.306 e. The second-order valence-electron chi connectivity index (χ2n) is 4.92. The van der Waals surface area contributed by atoms with Gasteiger partial charge in [-0.25, -0.2) is 0 Å². The summed E-state index contributed by atoms with van der Waals surface area (Å²) in [5, 5.41) is 4.85. The number of hydrogen-bond donors (Lipinski definition) is 1. The highest BCUT2D eigenvalue weighted by Crippen LogP contribution is 2.29. The van der Waals surface area contributed by atoms with Gasteiger partial charge in [0.25, 0.3) is 0 Å². The predicted octanol–water partition coefficient (Wildman–Crippen LogP) is 4.37. The first-order valence-corrected chi connectivity index (χ1v) is 7.67. The van der Waals surface area contributed by atoms with Gasteiger partial charge in [0.1, 0.15) is 0 Å². The van der Waals surface area contributed by atoms with E-state index in [9.17, 15) is 0 Å². The number of benzene rings is 1. The molecule has 2 unspecified atom stereocenters. The smallest absolute Gasteiger partial charge is 0.0639 e. The van der Waals surface area contributed by atoms with Gasteiger partial charge >= 0.3 is 0 Å². The summed E-state index contributed by atoms with van der Waals surface area (Å²) < 4.78 is 0. The maximum Gasteiger partial charge on any atom is 0.0639 e. The number of halogens is 2. The third-order valence-corrected chi connectivity index (χ3v) is 4.24. The standard InChI is InChI=1S/C15H24Cl2N2/c1-5-19(6-2)10-11(3)18-12(4)13-8-7-9-14(16)15(13)17/h7-9,11-12,18H,5-6,10H2,1-4H3. The molecule has 19 heavy (non-hydrogen) atoms. The second-order valence-corrected chi connectivity index (χ2v) is 5.70. The Hall–Kier alpha value is -0.280. The van der Waals surface area contributed by atoms with Crippen LogP contribution < -0.4 is 5.32 Å². The lowest BCUT2D eigenvalue weighted by molar-refractivity contribution is 0.264. The summed E-state index contributed by atoms with van der Waals surface area (Å²) >= 11 is 12.3. The average molecular weight is 303 g/mol. The zero-order valence-electron chi connectivity index (χ0n) is 12.2. The minimum absolute atomic E-state index is 0.191. The van der Waals surface area contributed by atoms with Crippen molar-refractivity contribution in [2.75, 3.05) is 19.6 Å². The van der Waals surface area contributed by atoms with Crippen LogP contribution in [0.1, 0.15) is 39.3 Å². The number of nitrogens with zero attached hydrogens (tertiary/aromatic N) is 1. The molecule has 2 atom stereocenters. The van der Waals surface area contributed by atoms with Crippen molar-refractivity contribution < 1.29 is 0 Å². The van der Waals surface area contributed by atoms with Crippen molar-refractivity contribution in [3.63, 3.8) is 0 Å². The first-order chi connectivity index (χ1) is 8.99. The Morgan fingerprint density at radius 2 is 1.79 bits per heavy atom. The molecule has 0 radical (unpaired) electrons. The van der Waals surface area contributed by atoms with E-state index in [1.165, 1.54) is 0 Å². The molecule has 0 aliphatic heterocycles. The maximum atomic E-state index is 6.25. The fourth-order valence-corrected chi connectivity index (χ4v) is 2.76. The van der Waals surface area contributed by atoms with E-state index < -0.39 is 0 Å². The zero-order chi connectivity index (χ0) is 14.4. The highest BCUT2D eigenvalue weighted by Gasteiger charge is 2.15. The van der Waals surface area contributed by atoms with E-state index in [4.69, 9.17) is 23.2 Å². The molecular formula is C15H24Cl2N2. The molecule has 0 aliphatic rings.